The molecule has 12 heterocycles. The normalized spacial score (nSPS) is 11.6. The van der Waals surface area contributed by atoms with E-state index in [1.807, 2.05) is 273 Å². The molecule has 702 valence electrons. The Bertz CT molecular complexity index is 9390. The first kappa shape index (κ1) is 87.1. The summed E-state index contributed by atoms with van der Waals surface area (Å²) in [5.74, 6) is 5.26. The monoisotopic (exact) mass is 1920 g/mol. The van der Waals surface area contributed by atoms with E-state index < -0.39 is 0 Å². The summed E-state index contributed by atoms with van der Waals surface area (Å²) in [7, 11) is 0. The second-order valence-corrected chi connectivity index (χ2v) is 37.0. The van der Waals surface area contributed by atoms with Crippen LogP contribution in [0.5, 0.6) is 0 Å². The summed E-state index contributed by atoms with van der Waals surface area (Å²) in [5, 5.41) is 13.6. The Morgan fingerprint density at radius 2 is 0.420 bits per heavy atom. The highest BCUT2D eigenvalue weighted by molar-refractivity contribution is 6.15. The fraction of sp³-hybridized carbons (Fsp3) is 0. The summed E-state index contributed by atoms with van der Waals surface area (Å²) in [6.45, 7) is 0. The van der Waals surface area contributed by atoms with Gasteiger partial charge in [0.05, 0.1) is 61.9 Å². The van der Waals surface area contributed by atoms with Gasteiger partial charge < -0.3 is 27.0 Å². The van der Waals surface area contributed by atoms with Gasteiger partial charge in [0.15, 0.2) is 52.4 Å². The van der Waals surface area contributed by atoms with E-state index in [0.29, 0.717) is 58.1 Å². The quantitative estimate of drug-likeness (QED) is 0.0935. The number of hydrogen-bond donors (Lipinski definition) is 0. The van der Waals surface area contributed by atoms with Crippen molar-refractivity contribution < 1.29 is 13.3 Å². The fourth-order valence-corrected chi connectivity index (χ4v) is 21.0. The Labute approximate surface area is 857 Å². The summed E-state index contributed by atoms with van der Waals surface area (Å²) in [6, 6.07) is 158. The minimum absolute atomic E-state index is 0.505. The predicted octanol–water partition coefficient (Wildman–Crippen LogP) is 32.8. The van der Waals surface area contributed by atoms with Crippen LogP contribution >= 0.6 is 0 Å². The third kappa shape index (κ3) is 15.6. The third-order valence-corrected chi connectivity index (χ3v) is 28.1. The first-order valence-corrected chi connectivity index (χ1v) is 49.7. The number of hydrogen-bond acceptors (Lipinski definition) is 15. The molecule has 0 radical (unpaired) electrons. The first-order valence-electron chi connectivity index (χ1n) is 49.7. The molecule has 0 aliphatic carbocycles. The number of pyridine rings is 3. The smallest absolute Gasteiger partial charge is 0.184 e. The SMILES string of the molecule is c1ccc(-c2nc(-c3ccccc3)nc(-c3ccncc3-n3c4ccccc4c4ccc(-c5ccc6c(c5)oc5ccccc56)cc43)n2)cc1.c1ccc(-c2nc(-c3ccccc3)nc(-c3cnccc3-n3c4ccccc4c4ccc(-c5ccc6c(c5)oc5ccccc56)cc43)n2)cc1.c1ccc(-c2nc(-c3ccccc3)nc(-c3ncccc3-n3c4ccccc4c4ccc(-c5ccc6c(c5)oc5ccccc56)cc43)n2)cc1. The van der Waals surface area contributed by atoms with Crippen LogP contribution < -0.4 is 0 Å². The maximum atomic E-state index is 6.26. The molecule has 0 fully saturated rings. The Morgan fingerprint density at radius 1 is 0.153 bits per heavy atom. The Morgan fingerprint density at radius 3 is 0.787 bits per heavy atom. The third-order valence-electron chi connectivity index (χ3n) is 28.1. The molecule has 0 saturated carbocycles. The second kappa shape index (κ2) is 36.9. The van der Waals surface area contributed by atoms with Crippen molar-refractivity contribution in [3.8, 4) is 153 Å². The first-order chi connectivity index (χ1) is 74.3. The van der Waals surface area contributed by atoms with Crippen LogP contribution in [-0.2, 0) is 0 Å². The summed E-state index contributed by atoms with van der Waals surface area (Å²) in [4.78, 5) is 59.2. The van der Waals surface area contributed by atoms with E-state index in [1.165, 1.54) is 0 Å². The van der Waals surface area contributed by atoms with Crippen LogP contribution in [0.25, 0.3) is 284 Å². The number of para-hydroxylation sites is 6. The van der Waals surface area contributed by atoms with E-state index in [9.17, 15) is 0 Å². The molecular formula is C132H81N15O3. The van der Waals surface area contributed by atoms with Crippen molar-refractivity contribution in [3.63, 3.8) is 0 Å². The summed E-state index contributed by atoms with van der Waals surface area (Å²) in [5.41, 5.74) is 28.8. The molecule has 30 aromatic rings. The van der Waals surface area contributed by atoms with Gasteiger partial charge in [0.25, 0.3) is 0 Å². The highest BCUT2D eigenvalue weighted by atomic mass is 16.3. The van der Waals surface area contributed by atoms with Crippen LogP contribution in [-0.4, -0.2) is 73.5 Å². The molecule has 0 atom stereocenters. The molecule has 30 rings (SSSR count). The number of rotatable bonds is 15. The molecule has 0 saturated heterocycles. The lowest BCUT2D eigenvalue weighted by Gasteiger charge is -2.14. The van der Waals surface area contributed by atoms with Gasteiger partial charge in [-0.05, 0) is 149 Å². The molecule has 0 N–H and O–H groups in total. The van der Waals surface area contributed by atoms with Gasteiger partial charge in [-0.1, -0.05) is 346 Å². The van der Waals surface area contributed by atoms with Gasteiger partial charge in [-0.3, -0.25) is 15.0 Å². The average molecular weight is 1930 g/mol. The minimum Gasteiger partial charge on any atom is -0.456 e. The zero-order chi connectivity index (χ0) is 99.1. The van der Waals surface area contributed by atoms with Crippen molar-refractivity contribution in [2.75, 3.05) is 0 Å². The van der Waals surface area contributed by atoms with E-state index >= 15 is 0 Å². The van der Waals surface area contributed by atoms with Gasteiger partial charge in [-0.25, -0.2) is 44.9 Å². The van der Waals surface area contributed by atoms with Crippen molar-refractivity contribution in [1.29, 1.82) is 0 Å². The van der Waals surface area contributed by atoms with Crippen molar-refractivity contribution in [3.05, 3.63) is 492 Å². The van der Waals surface area contributed by atoms with Gasteiger partial charge in [-0.2, -0.15) is 0 Å². The van der Waals surface area contributed by atoms with Gasteiger partial charge >= 0.3 is 0 Å². The molecule has 18 aromatic carbocycles. The maximum Gasteiger partial charge on any atom is 0.184 e. The van der Waals surface area contributed by atoms with Crippen molar-refractivity contribution in [1.82, 2.24) is 73.5 Å². The zero-order valence-electron chi connectivity index (χ0n) is 80.2. The summed E-state index contributed by atoms with van der Waals surface area (Å²) in [6.07, 6.45) is 9.19. The number of furan rings is 3. The number of benzene rings is 18. The predicted molar refractivity (Wildman–Crippen MR) is 603 cm³/mol. The Hall–Kier alpha value is -20.8. The van der Waals surface area contributed by atoms with E-state index in [4.69, 9.17) is 63.1 Å². The molecule has 0 amide bonds. The highest BCUT2D eigenvalue weighted by Crippen LogP contribution is 2.46. The molecule has 18 heteroatoms. The van der Waals surface area contributed by atoms with Crippen LogP contribution in [0.3, 0.4) is 0 Å². The second-order valence-electron chi connectivity index (χ2n) is 37.0. The molecule has 12 aromatic heterocycles. The van der Waals surface area contributed by atoms with E-state index in [-0.39, 0.29) is 0 Å². The van der Waals surface area contributed by atoms with Crippen molar-refractivity contribution in [2.24, 2.45) is 0 Å². The van der Waals surface area contributed by atoms with E-state index in [1.54, 1.807) is 12.4 Å². The standard InChI is InChI=1S/3C44H27N5O/c1-3-12-28(13-4-1)42-46-43(29-14-5-2-6-15-29)48-44(47-42)41-37(19-11-25-45-41)49-36-18-9-7-16-32(36)33-23-21-30(26-38(33)49)31-22-24-35-34-17-8-10-20-39(34)50-40(35)27-31;1-3-11-28(12-4-1)42-46-43(29-13-5-2-6-14-29)48-44(47-42)36-27-45-24-23-38(36)49-37-17-9-7-15-32(37)33-21-19-30(25-39(33)49)31-20-22-35-34-16-8-10-18-40(34)50-41(35)26-31;1-3-11-28(12-4-1)42-46-43(29-13-5-2-6-14-29)48-44(47-42)36-23-24-45-27-39(36)49-37-17-9-7-15-32(37)33-21-19-30(25-38(33)49)31-20-22-35-34-16-8-10-18-40(34)50-41(35)26-31/h3*1-27H. The highest BCUT2D eigenvalue weighted by Gasteiger charge is 2.27. The van der Waals surface area contributed by atoms with Gasteiger partial charge in [-0.15, -0.1) is 0 Å². The topological polar surface area (TPSA) is 209 Å². The molecular weight excluding hydrogens is 1840 g/mol. The lowest BCUT2D eigenvalue weighted by molar-refractivity contribution is 0.668. The zero-order valence-corrected chi connectivity index (χ0v) is 80.2. The Balaban J connectivity index is 0.000000108. The van der Waals surface area contributed by atoms with Crippen molar-refractivity contribution >= 4 is 131 Å². The van der Waals surface area contributed by atoms with Gasteiger partial charge in [0.1, 0.15) is 39.2 Å². The molecule has 0 spiro atoms. The average Bonchev–Trinajstić information content (AvgIpc) is 1.58. The van der Waals surface area contributed by atoms with Crippen LogP contribution in [0.4, 0.5) is 0 Å². The van der Waals surface area contributed by atoms with E-state index in [2.05, 4.69) is 230 Å². The number of aromatic nitrogens is 15. The van der Waals surface area contributed by atoms with Gasteiger partial charge in [0, 0.05) is 128 Å². The van der Waals surface area contributed by atoms with Gasteiger partial charge in [0.2, 0.25) is 0 Å². The summed E-state index contributed by atoms with van der Waals surface area (Å²) < 4.78 is 25.6. The van der Waals surface area contributed by atoms with Crippen LogP contribution in [0, 0.1) is 0 Å². The fourth-order valence-electron chi connectivity index (χ4n) is 21.0. The summed E-state index contributed by atoms with van der Waals surface area (Å²) >= 11 is 0. The molecule has 0 bridgehead atoms. The maximum absolute atomic E-state index is 6.26. The molecule has 0 unspecified atom stereocenters. The molecule has 150 heavy (non-hydrogen) atoms. The minimum atomic E-state index is 0.505. The largest absolute Gasteiger partial charge is 0.456 e. The molecule has 18 nitrogen and oxygen atoms in total. The molecule has 0 aliphatic heterocycles. The molecule has 0 aliphatic rings. The van der Waals surface area contributed by atoms with Crippen LogP contribution in [0.15, 0.2) is 505 Å². The lowest BCUT2D eigenvalue weighted by Crippen LogP contribution is -2.05. The van der Waals surface area contributed by atoms with Crippen LogP contribution in [0.1, 0.15) is 0 Å². The Kier molecular flexibility index (Phi) is 21.4. The number of nitrogens with zero attached hydrogens (tertiary/aromatic N) is 15. The number of fused-ring (bicyclic) bond motifs is 18. The van der Waals surface area contributed by atoms with Crippen molar-refractivity contribution in [2.45, 2.75) is 0 Å². The van der Waals surface area contributed by atoms with Crippen LogP contribution in [0.2, 0.25) is 0 Å². The van der Waals surface area contributed by atoms with E-state index in [0.717, 1.165) is 226 Å². The lowest BCUT2D eigenvalue weighted by atomic mass is 10.0.